The molecule has 38 heteroatoms. The Kier molecular flexibility index (Phi) is 64.6. The molecule has 0 aliphatic carbocycles. The van der Waals surface area contributed by atoms with Gasteiger partial charge >= 0.3 is 12.4 Å². The Balaban J connectivity index is 0.000000767. The van der Waals surface area contributed by atoms with E-state index in [1.54, 1.807) is 15.9 Å². The standard InChI is InChI=1S/C15H17N3.C11H14F3N3O.C11H11N5.2C11H17N3.C10H11F4N3.C10H15N3.C9H12FN3.C9H13N3.CH4/c1-2-9-18-12-11-17(10-8-16)13-15(18)14-6-4-3-5-7-14;1-2-4-16-6-7-17(5-3-15)10(8-16)18-9-11(12,13)14;1-2-10(7-12)15-3-5-16(6-4-15)11(8-13)9-14;1-4-6-13-8-9-14(7-5-12)11(3)10(13)2;1-2-3-6-13-8-10-14(11-9-13)7-4-5-12;1-2-4-16-7-9(11)17(5-3-15)6-8(16)10(12,13)14;1-3-5-12-7-8-13(6-4-11)10(2)9-12;1-2-4-12-6-7-13(5-3-11)9(10)8-12;1-2-4-11-6-8-12(5-3-10)9-7-11;/h1,3-7,15H,9-13H2;1,10H,4-9H2;1,10-11H,3-6H2;1,10-11H,6-9H2,2-3H3;1H,3-4,6-11H2;1,8-9H,4-7H2;1,10H,5-9H2,2H3;1,9H,4-8H2;1H,4-9H2;1H4. The van der Waals surface area contributed by atoms with Crippen molar-refractivity contribution >= 4 is 0 Å². The quantitative estimate of drug-likeness (QED) is 0.0635. The van der Waals surface area contributed by atoms with E-state index in [1.165, 1.54) is 10.5 Å². The minimum atomic E-state index is -4.48. The first kappa shape index (κ1) is 122. The Labute approximate surface area is 804 Å². The summed E-state index contributed by atoms with van der Waals surface area (Å²) in [5, 5.41) is 94.6. The van der Waals surface area contributed by atoms with Crippen molar-refractivity contribution in [1.82, 2.24) is 88.2 Å². The molecule has 0 aromatic heterocycles. The number of ether oxygens (including phenoxy) is 1. The summed E-state index contributed by atoms with van der Waals surface area (Å²) in [7, 11) is 0. The van der Waals surface area contributed by atoms with Gasteiger partial charge in [0.15, 0.2) is 24.7 Å². The third-order valence-electron chi connectivity index (χ3n) is 23.4. The van der Waals surface area contributed by atoms with E-state index in [0.717, 1.165) is 154 Å². The zero-order valence-corrected chi connectivity index (χ0v) is 78.0. The van der Waals surface area contributed by atoms with Gasteiger partial charge in [-0.1, -0.05) is 85.1 Å². The van der Waals surface area contributed by atoms with E-state index in [4.69, 9.17) is 120 Å². The third kappa shape index (κ3) is 48.2. The van der Waals surface area contributed by atoms with Crippen molar-refractivity contribution in [3.05, 3.63) is 35.9 Å². The molecule has 9 atom stereocenters. The lowest BCUT2D eigenvalue weighted by molar-refractivity contribution is -0.209. The largest absolute Gasteiger partial charge is 0.411 e. The number of nitriles is 11. The fourth-order valence-corrected chi connectivity index (χ4v) is 15.5. The fraction of sp³-hybridized carbons (Fsp3) is 0.643. The van der Waals surface area contributed by atoms with Crippen LogP contribution in [0.3, 0.4) is 0 Å². The zero-order valence-electron chi connectivity index (χ0n) is 78.0. The fourth-order valence-electron chi connectivity index (χ4n) is 15.5. The van der Waals surface area contributed by atoms with Crippen molar-refractivity contribution < 1.29 is 39.9 Å². The van der Waals surface area contributed by atoms with Crippen LogP contribution in [0.4, 0.5) is 35.1 Å². The molecular formula is C98H131F8N29O. The van der Waals surface area contributed by atoms with Gasteiger partial charge in [0, 0.05) is 233 Å². The maximum absolute atomic E-state index is 13.5. The van der Waals surface area contributed by atoms with Gasteiger partial charge in [-0.3, -0.25) is 88.2 Å². The molecule has 10 rings (SSSR count). The second kappa shape index (κ2) is 71.8. The molecule has 0 radical (unpaired) electrons. The molecule has 0 saturated carbocycles. The molecule has 9 heterocycles. The van der Waals surface area contributed by atoms with Crippen LogP contribution in [-0.4, -0.2) is 450 Å². The van der Waals surface area contributed by atoms with Gasteiger partial charge in [-0.25, -0.2) is 8.78 Å². The lowest BCUT2D eigenvalue weighted by atomic mass is 10.0. The Morgan fingerprint density at radius 2 is 0.699 bits per heavy atom. The van der Waals surface area contributed by atoms with Gasteiger partial charge in [0.2, 0.25) is 0 Å². The average molecular weight is 1880 g/mol. The first-order chi connectivity index (χ1) is 64.9. The van der Waals surface area contributed by atoms with Gasteiger partial charge in [-0.15, -0.1) is 63.7 Å². The van der Waals surface area contributed by atoms with Crippen LogP contribution in [0.1, 0.15) is 52.6 Å². The van der Waals surface area contributed by atoms with E-state index in [9.17, 15) is 35.1 Å². The minimum Gasteiger partial charge on any atom is -0.352 e. The number of rotatable bonds is 23. The molecule has 0 N–H and O–H groups in total. The van der Waals surface area contributed by atoms with E-state index in [2.05, 4.69) is 166 Å². The van der Waals surface area contributed by atoms with Gasteiger partial charge in [0.1, 0.15) is 18.9 Å². The molecule has 9 aliphatic heterocycles. The van der Waals surface area contributed by atoms with Gasteiger partial charge in [0.05, 0.1) is 158 Å². The molecule has 1 aromatic carbocycles. The smallest absolute Gasteiger partial charge is 0.352 e. The third-order valence-corrected chi connectivity index (χ3v) is 23.4. The summed E-state index contributed by atoms with van der Waals surface area (Å²) < 4.78 is 106. The summed E-state index contributed by atoms with van der Waals surface area (Å²) >= 11 is 0. The summed E-state index contributed by atoms with van der Waals surface area (Å²) in [6.07, 6.45) is 36.1. The van der Waals surface area contributed by atoms with Crippen LogP contribution in [-0.2, 0) is 4.74 Å². The molecule has 9 fully saturated rings. The average Bonchev–Trinajstić information content (AvgIpc) is 0.806. The lowest BCUT2D eigenvalue weighted by Gasteiger charge is -2.43. The monoisotopic (exact) mass is 1880 g/mol. The Hall–Kier alpha value is -11.7. The summed E-state index contributed by atoms with van der Waals surface area (Å²) in [6.45, 7) is 32.7. The van der Waals surface area contributed by atoms with E-state index >= 15 is 0 Å². The van der Waals surface area contributed by atoms with E-state index in [0.29, 0.717) is 135 Å². The predicted molar refractivity (Wildman–Crippen MR) is 505 cm³/mol. The van der Waals surface area contributed by atoms with Gasteiger partial charge < -0.3 is 4.74 Å². The van der Waals surface area contributed by atoms with Crippen LogP contribution in [0, 0.1) is 236 Å². The van der Waals surface area contributed by atoms with Crippen LogP contribution >= 0.6 is 0 Å². The maximum atomic E-state index is 13.5. The summed E-state index contributed by atoms with van der Waals surface area (Å²) in [5.74, 6) is 22.8. The number of nitrogens with zero attached hydrogens (tertiary/aromatic N) is 29. The summed E-state index contributed by atoms with van der Waals surface area (Å²) in [6, 6.07) is 31.3. The van der Waals surface area contributed by atoms with E-state index in [-0.39, 0.29) is 40.2 Å². The van der Waals surface area contributed by atoms with Crippen LogP contribution < -0.4 is 0 Å². The van der Waals surface area contributed by atoms with E-state index in [1.807, 2.05) is 63.2 Å². The van der Waals surface area contributed by atoms with Crippen molar-refractivity contribution in [2.75, 3.05) is 295 Å². The zero-order chi connectivity index (χ0) is 100. The number of hydrogen-bond acceptors (Lipinski definition) is 30. The van der Waals surface area contributed by atoms with Crippen LogP contribution in [0.25, 0.3) is 0 Å². The molecule has 0 amide bonds. The Bertz CT molecular complexity index is 4300. The SMILES string of the molecule is C.C#CC(C#N)N1CCN(C(C#N)C#N)CC1.C#CCCN1CCN(CCC#N)CC1.C#CCN1CC(F)N(CC#N)CC1C(F)(F)F.C#CCN1CCN(CC#N)C(C)C1.C#CCN1CCN(CC#N)C(C)C1C.C#CCN1CCN(CC#N)C(F)C1.C#CCN1CCN(CC#N)C(OCC(F)(F)F)C1.C#CCN1CCN(CC#N)CC1.C#CCN1CCN(CC#N)CC1c1ccccc1. The normalized spacial score (nSPS) is 22.9. The molecule has 9 unspecified atom stereocenters. The van der Waals surface area contributed by atoms with E-state index < -0.39 is 69.0 Å². The first-order valence-corrected chi connectivity index (χ1v) is 44.3. The second-order valence-corrected chi connectivity index (χ2v) is 32.3. The van der Waals surface area contributed by atoms with Crippen LogP contribution in [0.15, 0.2) is 30.3 Å². The lowest BCUT2D eigenvalue weighted by Crippen LogP contribution is -2.61. The van der Waals surface area contributed by atoms with Crippen molar-refractivity contribution in [3.63, 3.8) is 0 Å². The maximum Gasteiger partial charge on any atom is 0.411 e. The van der Waals surface area contributed by atoms with Gasteiger partial charge in [-0.05, 0) is 26.3 Å². The predicted octanol–water partition coefficient (Wildman–Crippen LogP) is 4.38. The van der Waals surface area contributed by atoms with Crippen molar-refractivity contribution in [1.29, 1.82) is 57.9 Å². The van der Waals surface area contributed by atoms with Crippen molar-refractivity contribution in [2.24, 2.45) is 0 Å². The van der Waals surface area contributed by atoms with Gasteiger partial charge in [-0.2, -0.15) is 84.2 Å². The van der Waals surface area contributed by atoms with Crippen molar-refractivity contribution in [3.8, 4) is 178 Å². The first-order valence-electron chi connectivity index (χ1n) is 44.3. The minimum absolute atomic E-state index is 0. The van der Waals surface area contributed by atoms with Crippen LogP contribution in [0.5, 0.6) is 0 Å². The summed E-state index contributed by atoms with van der Waals surface area (Å²) in [5.41, 5.74) is 1.27. The highest BCUT2D eigenvalue weighted by Gasteiger charge is 2.49. The molecule has 730 valence electrons. The highest BCUT2D eigenvalue weighted by atomic mass is 19.4. The molecule has 1 aromatic rings. The number of benzene rings is 1. The van der Waals surface area contributed by atoms with Crippen LogP contribution in [0.2, 0.25) is 0 Å². The number of piperazine rings is 9. The molecule has 0 bridgehead atoms. The summed E-state index contributed by atoms with van der Waals surface area (Å²) in [4.78, 5) is 34.8. The molecule has 0 spiro atoms. The Morgan fingerprint density at radius 3 is 1.15 bits per heavy atom. The molecular weight excluding hydrogens is 1750 g/mol. The molecule has 9 saturated heterocycles. The van der Waals surface area contributed by atoms with Crippen molar-refractivity contribution in [2.45, 2.75) is 115 Å². The second-order valence-electron chi connectivity index (χ2n) is 32.3. The molecule has 30 nitrogen and oxygen atoms in total. The topological polar surface area (TPSA) is 329 Å². The number of halogens is 8. The number of terminal acetylenes is 9. The molecule has 9 aliphatic rings. The highest BCUT2D eigenvalue weighted by Crippen LogP contribution is 2.31. The molecule has 136 heavy (non-hydrogen) atoms. The Morgan fingerprint density at radius 1 is 0.338 bits per heavy atom. The number of hydrogen-bond donors (Lipinski definition) is 0. The highest BCUT2D eigenvalue weighted by molar-refractivity contribution is 5.21. The van der Waals surface area contributed by atoms with Gasteiger partial charge in [0.25, 0.3) is 0 Å². The number of alkyl halides is 8.